The smallest absolute Gasteiger partial charge is 0.219 e. The number of rotatable bonds is 37. The fourth-order valence-corrected chi connectivity index (χ4v) is 7.27. The van der Waals surface area contributed by atoms with Crippen LogP contribution in [0, 0.1) is 0 Å². The Morgan fingerprint density at radius 3 is 1.42 bits per heavy atom. The molecule has 1 amide bonds. The molecule has 0 atom stereocenters. The molecule has 0 aromatic heterocycles. The topological polar surface area (TPSA) is 38.8 Å². The number of carbonyl (C=O) groups excluding carboxylic acids is 1. The van der Waals surface area contributed by atoms with Gasteiger partial charge in [-0.15, -0.1) is 0 Å². The average molecular weight is 739 g/mol. The van der Waals surface area contributed by atoms with Crippen LogP contribution in [0.5, 0.6) is 0 Å². The third-order valence-electron chi connectivity index (χ3n) is 11.0. The van der Waals surface area contributed by atoms with Crippen molar-refractivity contribution in [1.29, 1.82) is 0 Å². The van der Waals surface area contributed by atoms with Crippen molar-refractivity contribution in [3.63, 3.8) is 0 Å². The first-order valence-electron chi connectivity index (χ1n) is 23.1. The van der Waals surface area contributed by atoms with Gasteiger partial charge in [-0.05, 0) is 84.1 Å². The van der Waals surface area contributed by atoms with E-state index in [4.69, 9.17) is 0 Å². The lowest BCUT2D eigenvalue weighted by atomic mass is 9.99. The standard InChI is InChI=1S/C48H90N4O/c1-5-7-9-11-13-15-17-19-21-23-25-27-29-31-33-35-37-48(49-39-40-52(47(3)53)46-45-51-43-41-50(4)42-44-51)38-36-34-32-30-28-26-24-22-20-18-16-14-12-10-8-6-2/h13-16,19-22,48-49H,5-12,17-18,23-46H2,1-4H3/b15-13-,16-14-,21-19-,22-20-. The molecule has 0 aromatic rings. The number of nitrogens with zero attached hydrogens (tertiary/aromatic N) is 3. The minimum Gasteiger partial charge on any atom is -0.340 e. The Bertz CT molecular complexity index is 855. The van der Waals surface area contributed by atoms with Gasteiger partial charge in [0.15, 0.2) is 0 Å². The molecular weight excluding hydrogens is 649 g/mol. The molecule has 1 rings (SSSR count). The van der Waals surface area contributed by atoms with Crippen molar-refractivity contribution in [3.05, 3.63) is 48.6 Å². The summed E-state index contributed by atoms with van der Waals surface area (Å²) in [6.07, 6.45) is 52.8. The lowest BCUT2D eigenvalue weighted by Gasteiger charge is -2.34. The van der Waals surface area contributed by atoms with Crippen LogP contribution in [0.15, 0.2) is 48.6 Å². The molecule has 1 N–H and O–H groups in total. The maximum atomic E-state index is 12.5. The minimum absolute atomic E-state index is 0.216. The van der Waals surface area contributed by atoms with E-state index in [1.807, 2.05) is 0 Å². The van der Waals surface area contributed by atoms with Crippen LogP contribution in [-0.2, 0) is 4.79 Å². The summed E-state index contributed by atoms with van der Waals surface area (Å²) < 4.78 is 0. The normalized spacial score (nSPS) is 14.7. The highest BCUT2D eigenvalue weighted by Gasteiger charge is 2.16. The molecule has 1 aliphatic heterocycles. The Morgan fingerprint density at radius 1 is 0.566 bits per heavy atom. The molecule has 0 bridgehead atoms. The second-order valence-electron chi connectivity index (χ2n) is 16.0. The van der Waals surface area contributed by atoms with Crippen molar-refractivity contribution in [2.45, 2.75) is 194 Å². The lowest BCUT2D eigenvalue weighted by molar-refractivity contribution is -0.129. The van der Waals surface area contributed by atoms with Gasteiger partial charge >= 0.3 is 0 Å². The number of hydrogen-bond acceptors (Lipinski definition) is 4. The first-order valence-corrected chi connectivity index (χ1v) is 23.1. The van der Waals surface area contributed by atoms with Crippen LogP contribution in [0.2, 0.25) is 0 Å². The zero-order valence-corrected chi connectivity index (χ0v) is 36.0. The van der Waals surface area contributed by atoms with Crippen LogP contribution in [0.25, 0.3) is 0 Å². The van der Waals surface area contributed by atoms with Crippen LogP contribution in [-0.4, -0.2) is 86.1 Å². The van der Waals surface area contributed by atoms with Crippen molar-refractivity contribution >= 4 is 5.91 Å². The number of allylic oxidation sites excluding steroid dienone is 8. The van der Waals surface area contributed by atoms with Gasteiger partial charge in [-0.1, -0.05) is 152 Å². The van der Waals surface area contributed by atoms with Gasteiger partial charge in [0, 0.05) is 65.3 Å². The number of amides is 1. The second kappa shape index (κ2) is 38.6. The van der Waals surface area contributed by atoms with Crippen LogP contribution < -0.4 is 5.32 Å². The van der Waals surface area contributed by atoms with E-state index >= 15 is 0 Å². The highest BCUT2D eigenvalue weighted by atomic mass is 16.2. The molecule has 0 saturated carbocycles. The first kappa shape index (κ1) is 49.3. The van der Waals surface area contributed by atoms with Crippen LogP contribution in [0.3, 0.4) is 0 Å². The summed E-state index contributed by atoms with van der Waals surface area (Å²) in [6.45, 7) is 14.4. The zero-order chi connectivity index (χ0) is 38.3. The van der Waals surface area contributed by atoms with Crippen molar-refractivity contribution in [2.75, 3.05) is 59.4 Å². The number of unbranched alkanes of at least 4 members (excludes halogenated alkanes) is 18. The highest BCUT2D eigenvalue weighted by Crippen LogP contribution is 2.16. The van der Waals surface area contributed by atoms with Crippen LogP contribution >= 0.6 is 0 Å². The van der Waals surface area contributed by atoms with Gasteiger partial charge in [0.05, 0.1) is 0 Å². The molecule has 5 nitrogen and oxygen atoms in total. The molecule has 1 heterocycles. The van der Waals surface area contributed by atoms with Crippen molar-refractivity contribution < 1.29 is 4.79 Å². The van der Waals surface area contributed by atoms with Crippen LogP contribution in [0.4, 0.5) is 0 Å². The summed E-state index contributed by atoms with van der Waals surface area (Å²) >= 11 is 0. The van der Waals surface area contributed by atoms with Gasteiger partial charge in [-0.25, -0.2) is 0 Å². The number of nitrogens with one attached hydrogen (secondary N) is 1. The van der Waals surface area contributed by atoms with Gasteiger partial charge in [-0.2, -0.15) is 0 Å². The molecule has 1 fully saturated rings. The molecule has 1 saturated heterocycles. The molecule has 0 spiro atoms. The summed E-state index contributed by atoms with van der Waals surface area (Å²) in [5, 5.41) is 3.91. The summed E-state index contributed by atoms with van der Waals surface area (Å²) in [5.41, 5.74) is 0. The zero-order valence-electron chi connectivity index (χ0n) is 36.0. The number of hydrogen-bond donors (Lipinski definition) is 1. The molecule has 53 heavy (non-hydrogen) atoms. The molecule has 0 aromatic carbocycles. The largest absolute Gasteiger partial charge is 0.340 e. The molecule has 0 aliphatic carbocycles. The fourth-order valence-electron chi connectivity index (χ4n) is 7.27. The Labute approximate surface area is 331 Å². The van der Waals surface area contributed by atoms with Gasteiger partial charge in [0.25, 0.3) is 0 Å². The molecule has 5 heteroatoms. The van der Waals surface area contributed by atoms with Gasteiger partial charge < -0.3 is 15.1 Å². The minimum atomic E-state index is 0.216. The third-order valence-corrected chi connectivity index (χ3v) is 11.0. The van der Waals surface area contributed by atoms with E-state index in [1.54, 1.807) is 6.92 Å². The molecule has 0 radical (unpaired) electrons. The summed E-state index contributed by atoms with van der Waals surface area (Å²) in [4.78, 5) is 19.5. The lowest BCUT2D eigenvalue weighted by Crippen LogP contribution is -2.48. The van der Waals surface area contributed by atoms with Gasteiger partial charge in [0.1, 0.15) is 0 Å². The van der Waals surface area contributed by atoms with E-state index < -0.39 is 0 Å². The molecule has 1 aliphatic rings. The monoisotopic (exact) mass is 739 g/mol. The summed E-state index contributed by atoms with van der Waals surface area (Å²) in [5.74, 6) is 0.216. The quantitative estimate of drug-likeness (QED) is 0.0509. The SMILES string of the molecule is CCCCC/C=C\C/C=C\CCCCCCCCC(CCCCCCCC/C=C\C/C=C\CCCCC)NCCN(CCN1CCN(C)CC1)C(C)=O. The predicted molar refractivity (Wildman–Crippen MR) is 236 cm³/mol. The highest BCUT2D eigenvalue weighted by molar-refractivity contribution is 5.73. The van der Waals surface area contributed by atoms with E-state index in [9.17, 15) is 4.79 Å². The van der Waals surface area contributed by atoms with E-state index in [1.165, 1.54) is 154 Å². The summed E-state index contributed by atoms with van der Waals surface area (Å²) in [6, 6.07) is 0.582. The van der Waals surface area contributed by atoms with Crippen molar-refractivity contribution in [3.8, 4) is 0 Å². The number of likely N-dealkylation sites (N-methyl/N-ethyl adjacent to an activating group) is 1. The average Bonchev–Trinajstić information content (AvgIpc) is 3.16. The van der Waals surface area contributed by atoms with E-state index in [2.05, 4.69) is 89.5 Å². The van der Waals surface area contributed by atoms with Crippen LogP contribution in [0.1, 0.15) is 188 Å². The van der Waals surface area contributed by atoms with E-state index in [0.29, 0.717) is 6.04 Å². The maximum Gasteiger partial charge on any atom is 0.219 e. The molecular formula is C48H90N4O. The molecule has 308 valence electrons. The maximum absolute atomic E-state index is 12.5. The Kier molecular flexibility index (Phi) is 35.9. The number of carbonyl (C=O) groups is 1. The number of piperazine rings is 1. The summed E-state index contributed by atoms with van der Waals surface area (Å²) in [7, 11) is 2.20. The third kappa shape index (κ3) is 33.4. The molecule has 0 unspecified atom stereocenters. The Balaban J connectivity index is 2.29. The van der Waals surface area contributed by atoms with Crippen molar-refractivity contribution in [2.24, 2.45) is 0 Å². The Hall–Kier alpha value is -1.69. The first-order chi connectivity index (χ1) is 26.1. The van der Waals surface area contributed by atoms with Crippen molar-refractivity contribution in [1.82, 2.24) is 20.0 Å². The van der Waals surface area contributed by atoms with E-state index in [-0.39, 0.29) is 5.91 Å². The van der Waals surface area contributed by atoms with E-state index in [0.717, 1.165) is 65.2 Å². The fraction of sp³-hybridized carbons (Fsp3) is 0.812. The Morgan fingerprint density at radius 2 is 0.981 bits per heavy atom. The van der Waals surface area contributed by atoms with Gasteiger partial charge in [-0.3, -0.25) is 9.69 Å². The second-order valence-corrected chi connectivity index (χ2v) is 16.0. The predicted octanol–water partition coefficient (Wildman–Crippen LogP) is 12.4. The van der Waals surface area contributed by atoms with Gasteiger partial charge in [0.2, 0.25) is 5.91 Å².